The third-order valence-corrected chi connectivity index (χ3v) is 5.27. The van der Waals surface area contributed by atoms with E-state index in [9.17, 15) is 13.2 Å². The van der Waals surface area contributed by atoms with Gasteiger partial charge in [-0.1, -0.05) is 36.7 Å². The van der Waals surface area contributed by atoms with Gasteiger partial charge in [0, 0.05) is 11.3 Å². The molecule has 0 aromatic heterocycles. The molecule has 0 fully saturated rings. The molecule has 0 unspecified atom stereocenters. The summed E-state index contributed by atoms with van der Waals surface area (Å²) in [6, 6.07) is 13.1. The molecule has 140 valence electrons. The van der Waals surface area contributed by atoms with E-state index in [0.29, 0.717) is 17.2 Å². The van der Waals surface area contributed by atoms with Crippen LogP contribution < -0.4 is 10.1 Å². The second-order valence-electron chi connectivity index (χ2n) is 6.04. The molecule has 2 atom stereocenters. The quantitative estimate of drug-likeness (QED) is 0.774. The minimum absolute atomic E-state index is 0.243. The predicted molar refractivity (Wildman–Crippen MR) is 102 cm³/mol. The van der Waals surface area contributed by atoms with E-state index >= 15 is 0 Å². The molecule has 0 aliphatic rings. The van der Waals surface area contributed by atoms with Crippen molar-refractivity contribution in [2.24, 2.45) is 0 Å². The fourth-order valence-corrected chi connectivity index (χ4v) is 3.23. The highest BCUT2D eigenvalue weighted by Gasteiger charge is 2.21. The Morgan fingerprint density at radius 3 is 2.38 bits per heavy atom. The lowest BCUT2D eigenvalue weighted by Gasteiger charge is -2.21. The van der Waals surface area contributed by atoms with Gasteiger partial charge < -0.3 is 10.1 Å². The van der Waals surface area contributed by atoms with E-state index in [0.717, 1.165) is 11.8 Å². The first-order valence-electron chi connectivity index (χ1n) is 8.23. The summed E-state index contributed by atoms with van der Waals surface area (Å²) in [5.74, 6) is 0.289. The van der Waals surface area contributed by atoms with Crippen LogP contribution in [0.25, 0.3) is 0 Å². The topological polar surface area (TPSA) is 72.5 Å². The molecular weight excluding hydrogens is 374 g/mol. The minimum Gasteiger partial charge on any atom is -0.481 e. The molecule has 0 bridgehead atoms. The molecule has 0 radical (unpaired) electrons. The van der Waals surface area contributed by atoms with E-state index < -0.39 is 15.9 Å². The summed E-state index contributed by atoms with van der Waals surface area (Å²) in [6.45, 7) is 3.69. The van der Waals surface area contributed by atoms with Gasteiger partial charge in [-0.25, -0.2) is 8.42 Å². The third kappa shape index (κ3) is 5.47. The van der Waals surface area contributed by atoms with E-state index in [1.807, 2.05) is 13.8 Å². The maximum absolute atomic E-state index is 12.5. The van der Waals surface area contributed by atoms with Crippen LogP contribution in [0.15, 0.2) is 53.4 Å². The number of sulfone groups is 1. The first-order chi connectivity index (χ1) is 12.2. The monoisotopic (exact) mass is 395 g/mol. The van der Waals surface area contributed by atoms with Crippen LogP contribution in [0.2, 0.25) is 5.02 Å². The molecule has 2 rings (SSSR count). The van der Waals surface area contributed by atoms with Gasteiger partial charge in [0.15, 0.2) is 15.9 Å². The zero-order valence-corrected chi connectivity index (χ0v) is 16.5. The Kier molecular flexibility index (Phi) is 6.67. The van der Waals surface area contributed by atoms with Crippen LogP contribution >= 0.6 is 11.6 Å². The van der Waals surface area contributed by atoms with Crippen molar-refractivity contribution in [2.45, 2.75) is 37.3 Å². The third-order valence-electron chi connectivity index (χ3n) is 3.90. The summed E-state index contributed by atoms with van der Waals surface area (Å²) >= 11 is 5.94. The van der Waals surface area contributed by atoms with E-state index in [2.05, 4.69) is 5.32 Å². The first-order valence-corrected chi connectivity index (χ1v) is 10.5. The maximum Gasteiger partial charge on any atom is 0.261 e. The summed E-state index contributed by atoms with van der Waals surface area (Å²) < 4.78 is 28.8. The zero-order chi connectivity index (χ0) is 19.3. The van der Waals surface area contributed by atoms with Crippen LogP contribution in [0.3, 0.4) is 0 Å². The molecule has 0 saturated heterocycles. The van der Waals surface area contributed by atoms with Crippen LogP contribution in [0.5, 0.6) is 5.75 Å². The number of hydrogen-bond donors (Lipinski definition) is 1. The summed E-state index contributed by atoms with van der Waals surface area (Å²) in [6.07, 6.45) is 1.01. The Morgan fingerprint density at radius 1 is 1.19 bits per heavy atom. The van der Waals surface area contributed by atoms with Crippen molar-refractivity contribution in [1.82, 2.24) is 5.32 Å². The molecule has 1 N–H and O–H groups in total. The van der Waals surface area contributed by atoms with Gasteiger partial charge in [-0.2, -0.15) is 0 Å². The predicted octanol–water partition coefficient (Wildman–Crippen LogP) is 3.78. The Morgan fingerprint density at radius 2 is 1.85 bits per heavy atom. The minimum atomic E-state index is -3.24. The average molecular weight is 396 g/mol. The molecule has 1 amide bonds. The number of amides is 1. The standard InChI is InChI=1S/C19H22ClNO4S/c1-4-18(25-16-7-5-6-15(20)12-16)19(22)21-13(2)14-8-10-17(11-9-14)26(3,23)24/h5-13,18H,4H2,1-3H3,(H,21,22)/t13-,18+/m0/s1. The highest BCUT2D eigenvalue weighted by atomic mass is 35.5. The van der Waals surface area contributed by atoms with Gasteiger partial charge in [-0.15, -0.1) is 0 Å². The normalized spacial score (nSPS) is 13.7. The molecule has 0 saturated carbocycles. The van der Waals surface area contributed by atoms with E-state index in [1.54, 1.807) is 36.4 Å². The molecular formula is C19H22ClNO4S. The Hall–Kier alpha value is -2.05. The molecule has 0 aliphatic carbocycles. The fourth-order valence-electron chi connectivity index (χ4n) is 2.42. The van der Waals surface area contributed by atoms with E-state index in [-0.39, 0.29) is 16.8 Å². The number of nitrogens with one attached hydrogen (secondary N) is 1. The second kappa shape index (κ2) is 8.56. The maximum atomic E-state index is 12.5. The average Bonchev–Trinajstić information content (AvgIpc) is 2.59. The lowest BCUT2D eigenvalue weighted by Crippen LogP contribution is -2.39. The Bertz CT molecular complexity index is 865. The van der Waals surface area contributed by atoms with Crippen molar-refractivity contribution in [3.8, 4) is 5.75 Å². The summed E-state index contributed by atoms with van der Waals surface area (Å²) in [4.78, 5) is 12.8. The second-order valence-corrected chi connectivity index (χ2v) is 8.50. The number of ether oxygens (including phenoxy) is 1. The largest absolute Gasteiger partial charge is 0.481 e. The molecule has 2 aromatic carbocycles. The summed E-state index contributed by atoms with van der Waals surface area (Å²) in [5.41, 5.74) is 0.809. The van der Waals surface area contributed by atoms with Gasteiger partial charge in [-0.3, -0.25) is 4.79 Å². The van der Waals surface area contributed by atoms with Crippen LogP contribution in [0, 0.1) is 0 Å². The smallest absolute Gasteiger partial charge is 0.261 e. The van der Waals surface area contributed by atoms with Crippen molar-refractivity contribution in [3.05, 3.63) is 59.1 Å². The number of carbonyl (C=O) groups excluding carboxylic acids is 1. The molecule has 2 aromatic rings. The van der Waals surface area contributed by atoms with Crippen LogP contribution in [0.1, 0.15) is 31.9 Å². The molecule has 0 spiro atoms. The number of benzene rings is 2. The highest BCUT2D eigenvalue weighted by molar-refractivity contribution is 7.90. The van der Waals surface area contributed by atoms with Crippen LogP contribution in [0.4, 0.5) is 0 Å². The fraction of sp³-hybridized carbons (Fsp3) is 0.316. The van der Waals surface area contributed by atoms with Gasteiger partial charge in [0.2, 0.25) is 0 Å². The van der Waals surface area contributed by atoms with E-state index in [1.165, 1.54) is 12.1 Å². The summed E-state index contributed by atoms with van der Waals surface area (Å²) in [5, 5.41) is 3.43. The molecule has 5 nitrogen and oxygen atoms in total. The lowest BCUT2D eigenvalue weighted by atomic mass is 10.1. The first kappa shape index (κ1) is 20.3. The number of halogens is 1. The number of rotatable bonds is 7. The Balaban J connectivity index is 2.04. The van der Waals surface area contributed by atoms with Crippen molar-refractivity contribution in [3.63, 3.8) is 0 Å². The van der Waals surface area contributed by atoms with E-state index in [4.69, 9.17) is 16.3 Å². The van der Waals surface area contributed by atoms with Crippen molar-refractivity contribution in [1.29, 1.82) is 0 Å². The highest BCUT2D eigenvalue weighted by Crippen LogP contribution is 2.20. The van der Waals surface area contributed by atoms with Crippen LogP contribution in [-0.4, -0.2) is 26.7 Å². The lowest BCUT2D eigenvalue weighted by molar-refractivity contribution is -0.128. The Labute approximate surface area is 159 Å². The van der Waals surface area contributed by atoms with Crippen molar-refractivity contribution in [2.75, 3.05) is 6.26 Å². The number of hydrogen-bond acceptors (Lipinski definition) is 4. The molecule has 0 aliphatic heterocycles. The zero-order valence-electron chi connectivity index (χ0n) is 14.9. The number of carbonyl (C=O) groups is 1. The summed E-state index contributed by atoms with van der Waals surface area (Å²) in [7, 11) is -3.24. The van der Waals surface area contributed by atoms with Gasteiger partial charge in [0.1, 0.15) is 5.75 Å². The SMILES string of the molecule is CC[C@@H](Oc1cccc(Cl)c1)C(=O)N[C@@H](C)c1ccc(S(C)(=O)=O)cc1. The van der Waals surface area contributed by atoms with Gasteiger partial charge >= 0.3 is 0 Å². The van der Waals surface area contributed by atoms with Crippen molar-refractivity contribution < 1.29 is 17.9 Å². The van der Waals surface area contributed by atoms with Gasteiger partial charge in [-0.05, 0) is 49.2 Å². The van der Waals surface area contributed by atoms with Crippen LogP contribution in [-0.2, 0) is 14.6 Å². The molecule has 26 heavy (non-hydrogen) atoms. The van der Waals surface area contributed by atoms with Gasteiger partial charge in [0.05, 0.1) is 10.9 Å². The molecule has 7 heteroatoms. The molecule has 0 heterocycles. The van der Waals surface area contributed by atoms with Gasteiger partial charge in [0.25, 0.3) is 5.91 Å². The van der Waals surface area contributed by atoms with Crippen molar-refractivity contribution >= 4 is 27.3 Å².